The number of amides is 1. The molecule has 0 heterocycles. The summed E-state index contributed by atoms with van der Waals surface area (Å²) < 4.78 is 0. The highest BCUT2D eigenvalue weighted by atomic mass is 16.3. The fraction of sp³-hybridized carbons (Fsp3) is 0.235. The van der Waals surface area contributed by atoms with Crippen molar-refractivity contribution in [2.45, 2.75) is 20.8 Å². The van der Waals surface area contributed by atoms with Crippen molar-refractivity contribution in [3.8, 4) is 11.5 Å². The Kier molecular flexibility index (Phi) is 4.17. The summed E-state index contributed by atoms with van der Waals surface area (Å²) in [6, 6.07) is 9.66. The van der Waals surface area contributed by atoms with Gasteiger partial charge in [0.25, 0.3) is 5.91 Å². The van der Waals surface area contributed by atoms with Gasteiger partial charge in [-0.3, -0.25) is 4.79 Å². The lowest BCUT2D eigenvalue weighted by atomic mass is 10.1. The lowest BCUT2D eigenvalue weighted by Crippen LogP contribution is -2.31. The molecule has 4 nitrogen and oxygen atoms in total. The van der Waals surface area contributed by atoms with Crippen LogP contribution >= 0.6 is 0 Å². The van der Waals surface area contributed by atoms with Gasteiger partial charge in [-0.15, -0.1) is 0 Å². The summed E-state index contributed by atoms with van der Waals surface area (Å²) in [5, 5.41) is 19.1. The largest absolute Gasteiger partial charge is 0.508 e. The van der Waals surface area contributed by atoms with Gasteiger partial charge in [0.1, 0.15) is 11.5 Å². The van der Waals surface area contributed by atoms with Crippen molar-refractivity contribution in [1.29, 1.82) is 0 Å². The highest BCUT2D eigenvalue weighted by molar-refractivity contribution is 6.07. The Morgan fingerprint density at radius 2 is 1.62 bits per heavy atom. The number of hydrogen-bond donors (Lipinski definition) is 2. The zero-order valence-corrected chi connectivity index (χ0v) is 12.4. The van der Waals surface area contributed by atoms with Crippen LogP contribution in [0.25, 0.3) is 0 Å². The predicted octanol–water partition coefficient (Wildman–Crippen LogP) is 3.38. The molecule has 0 atom stereocenters. The van der Waals surface area contributed by atoms with E-state index in [1.54, 1.807) is 42.2 Å². The summed E-state index contributed by atoms with van der Waals surface area (Å²) in [4.78, 5) is 14.4. The number of hydrogen-bond acceptors (Lipinski definition) is 3. The molecular weight excluding hydrogens is 266 g/mol. The van der Waals surface area contributed by atoms with Crippen molar-refractivity contribution in [3.63, 3.8) is 0 Å². The number of aryl methyl sites for hydroxylation is 2. The topological polar surface area (TPSA) is 60.8 Å². The Hall–Kier alpha value is -2.49. The van der Waals surface area contributed by atoms with E-state index in [0.29, 0.717) is 17.8 Å². The van der Waals surface area contributed by atoms with E-state index < -0.39 is 0 Å². The van der Waals surface area contributed by atoms with Gasteiger partial charge < -0.3 is 15.1 Å². The Bertz CT molecular complexity index is 680. The van der Waals surface area contributed by atoms with E-state index in [1.807, 2.05) is 13.8 Å². The van der Waals surface area contributed by atoms with E-state index in [9.17, 15) is 15.0 Å². The fourth-order valence-corrected chi connectivity index (χ4v) is 2.35. The molecule has 21 heavy (non-hydrogen) atoms. The van der Waals surface area contributed by atoms with Gasteiger partial charge in [0.15, 0.2) is 0 Å². The molecule has 0 aliphatic rings. The summed E-state index contributed by atoms with van der Waals surface area (Å²) in [5.74, 6) is 0.119. The molecule has 2 aromatic rings. The molecule has 2 aromatic carbocycles. The van der Waals surface area contributed by atoms with Crippen molar-refractivity contribution >= 4 is 11.6 Å². The number of rotatable bonds is 3. The Balaban J connectivity index is 2.45. The van der Waals surface area contributed by atoms with Crippen LogP contribution in [0, 0.1) is 13.8 Å². The first-order valence-electron chi connectivity index (χ1n) is 6.85. The molecule has 2 rings (SSSR count). The van der Waals surface area contributed by atoms with E-state index in [-0.39, 0.29) is 17.4 Å². The number of benzene rings is 2. The Labute approximate surface area is 124 Å². The molecule has 1 amide bonds. The van der Waals surface area contributed by atoms with Crippen LogP contribution in [0.2, 0.25) is 0 Å². The van der Waals surface area contributed by atoms with Crippen LogP contribution in [-0.2, 0) is 0 Å². The minimum atomic E-state index is -0.149. The van der Waals surface area contributed by atoms with Gasteiger partial charge in [0, 0.05) is 18.2 Å². The zero-order valence-electron chi connectivity index (χ0n) is 12.4. The second kappa shape index (κ2) is 5.87. The van der Waals surface area contributed by atoms with E-state index in [1.165, 1.54) is 6.07 Å². The maximum absolute atomic E-state index is 12.7. The number of phenols is 2. The number of aromatic hydroxyl groups is 2. The molecule has 0 spiro atoms. The number of carbonyl (C=O) groups is 1. The normalized spacial score (nSPS) is 10.4. The van der Waals surface area contributed by atoms with Crippen molar-refractivity contribution in [2.24, 2.45) is 0 Å². The first-order chi connectivity index (χ1) is 9.93. The van der Waals surface area contributed by atoms with Crippen molar-refractivity contribution in [2.75, 3.05) is 11.4 Å². The van der Waals surface area contributed by atoms with Crippen molar-refractivity contribution in [1.82, 2.24) is 0 Å². The molecule has 0 aliphatic carbocycles. The number of carbonyl (C=O) groups excluding carboxylic acids is 1. The molecule has 0 radical (unpaired) electrons. The van der Waals surface area contributed by atoms with Crippen LogP contribution in [0.4, 0.5) is 5.69 Å². The summed E-state index contributed by atoms with van der Waals surface area (Å²) in [6.07, 6.45) is 0. The summed E-state index contributed by atoms with van der Waals surface area (Å²) >= 11 is 0. The summed E-state index contributed by atoms with van der Waals surface area (Å²) in [5.41, 5.74) is 2.86. The first kappa shape index (κ1) is 14.9. The van der Waals surface area contributed by atoms with Crippen LogP contribution in [0.5, 0.6) is 11.5 Å². The third kappa shape index (κ3) is 2.99. The highest BCUT2D eigenvalue weighted by Crippen LogP contribution is 2.27. The third-order valence-corrected chi connectivity index (χ3v) is 3.49. The SMILES string of the molecule is CCN(C(=O)c1ccc(O)cc1C)c1cc(O)ccc1C. The van der Waals surface area contributed by atoms with Gasteiger partial charge in [0.05, 0.1) is 5.69 Å². The average Bonchev–Trinajstić information content (AvgIpc) is 2.43. The molecule has 0 saturated carbocycles. The molecule has 0 unspecified atom stereocenters. The lowest BCUT2D eigenvalue weighted by Gasteiger charge is -2.24. The first-order valence-corrected chi connectivity index (χ1v) is 6.85. The molecule has 2 N–H and O–H groups in total. The van der Waals surface area contributed by atoms with Gasteiger partial charge >= 0.3 is 0 Å². The molecule has 0 fully saturated rings. The van der Waals surface area contributed by atoms with Gasteiger partial charge in [-0.25, -0.2) is 0 Å². The Morgan fingerprint density at radius 3 is 2.24 bits per heavy atom. The van der Waals surface area contributed by atoms with Crippen LogP contribution < -0.4 is 4.90 Å². The maximum Gasteiger partial charge on any atom is 0.258 e. The van der Waals surface area contributed by atoms with Gasteiger partial charge in [-0.2, -0.15) is 0 Å². The average molecular weight is 285 g/mol. The molecule has 110 valence electrons. The molecular formula is C17H19NO3. The van der Waals surface area contributed by atoms with Crippen LogP contribution in [0.3, 0.4) is 0 Å². The number of nitrogens with zero attached hydrogens (tertiary/aromatic N) is 1. The van der Waals surface area contributed by atoms with Crippen LogP contribution in [0.1, 0.15) is 28.4 Å². The van der Waals surface area contributed by atoms with Gasteiger partial charge in [-0.1, -0.05) is 6.07 Å². The second-order valence-electron chi connectivity index (χ2n) is 5.02. The predicted molar refractivity (Wildman–Crippen MR) is 83.0 cm³/mol. The number of anilines is 1. The summed E-state index contributed by atoms with van der Waals surface area (Å²) in [6.45, 7) is 6.06. The van der Waals surface area contributed by atoms with E-state index in [4.69, 9.17) is 0 Å². The molecule has 4 heteroatoms. The molecule has 0 bridgehead atoms. The molecule has 0 saturated heterocycles. The van der Waals surface area contributed by atoms with E-state index in [0.717, 1.165) is 11.1 Å². The molecule has 0 aromatic heterocycles. The van der Waals surface area contributed by atoms with Crippen LogP contribution in [-0.4, -0.2) is 22.7 Å². The zero-order chi connectivity index (χ0) is 15.6. The minimum absolute atomic E-state index is 0.129. The quantitative estimate of drug-likeness (QED) is 0.908. The van der Waals surface area contributed by atoms with Crippen molar-refractivity contribution in [3.05, 3.63) is 53.1 Å². The summed E-state index contributed by atoms with van der Waals surface area (Å²) in [7, 11) is 0. The van der Waals surface area contributed by atoms with Gasteiger partial charge in [-0.05, 0) is 56.2 Å². The van der Waals surface area contributed by atoms with E-state index in [2.05, 4.69) is 0 Å². The highest BCUT2D eigenvalue weighted by Gasteiger charge is 2.20. The lowest BCUT2D eigenvalue weighted by molar-refractivity contribution is 0.0987. The Morgan fingerprint density at radius 1 is 1.00 bits per heavy atom. The van der Waals surface area contributed by atoms with Crippen LogP contribution in [0.15, 0.2) is 36.4 Å². The minimum Gasteiger partial charge on any atom is -0.508 e. The standard InChI is InChI=1S/C17H19NO3/c1-4-18(16-10-14(20)6-5-11(16)2)17(21)15-8-7-13(19)9-12(15)3/h5-10,19-20H,4H2,1-3H3. The van der Waals surface area contributed by atoms with Gasteiger partial charge in [0.2, 0.25) is 0 Å². The third-order valence-electron chi connectivity index (χ3n) is 3.49. The maximum atomic E-state index is 12.7. The van der Waals surface area contributed by atoms with E-state index >= 15 is 0 Å². The number of phenolic OH excluding ortho intramolecular Hbond substituents is 2. The van der Waals surface area contributed by atoms with Crippen molar-refractivity contribution < 1.29 is 15.0 Å². The smallest absolute Gasteiger partial charge is 0.258 e. The molecule has 0 aliphatic heterocycles. The second-order valence-corrected chi connectivity index (χ2v) is 5.02. The monoisotopic (exact) mass is 285 g/mol. The fourth-order valence-electron chi connectivity index (χ4n) is 2.35.